The van der Waals surface area contributed by atoms with E-state index in [0.717, 1.165) is 0 Å². The Morgan fingerprint density at radius 1 is 0.714 bits per heavy atom. The molecule has 0 heterocycles. The Bertz CT molecular complexity index is 650. The first-order valence-electron chi connectivity index (χ1n) is 7.39. The van der Waals surface area contributed by atoms with Gasteiger partial charge in [-0.25, -0.2) is 0 Å². The fourth-order valence-electron chi connectivity index (χ4n) is 3.69. The van der Waals surface area contributed by atoms with E-state index in [2.05, 4.69) is 79.8 Å². The van der Waals surface area contributed by atoms with Crippen molar-refractivity contribution in [2.24, 2.45) is 5.92 Å². The summed E-state index contributed by atoms with van der Waals surface area (Å²) < 4.78 is 0. The van der Waals surface area contributed by atoms with Gasteiger partial charge in [0.15, 0.2) is 0 Å². The van der Waals surface area contributed by atoms with E-state index in [1.54, 1.807) is 0 Å². The van der Waals surface area contributed by atoms with Gasteiger partial charge in [0, 0.05) is 11.8 Å². The van der Waals surface area contributed by atoms with E-state index >= 15 is 0 Å². The van der Waals surface area contributed by atoms with Crippen LogP contribution in [0.25, 0.3) is 12.2 Å². The molecule has 2 aromatic rings. The molecule has 0 N–H and O–H groups in total. The second-order valence-electron chi connectivity index (χ2n) is 5.89. The number of hydrogen-bond acceptors (Lipinski definition) is 0. The van der Waals surface area contributed by atoms with Crippen molar-refractivity contribution in [1.82, 2.24) is 0 Å². The van der Waals surface area contributed by atoms with Gasteiger partial charge in [-0.3, -0.25) is 0 Å². The minimum atomic E-state index is 0. The Morgan fingerprint density at radius 3 is 1.62 bits per heavy atom. The summed E-state index contributed by atoms with van der Waals surface area (Å²) >= 11 is 0. The molecule has 0 nitrogen and oxygen atoms in total. The molecule has 2 aliphatic carbocycles. The maximum absolute atomic E-state index is 2.38. The van der Waals surface area contributed by atoms with E-state index in [0.29, 0.717) is 17.8 Å². The fourth-order valence-corrected chi connectivity index (χ4v) is 3.69. The monoisotopic (exact) mass is 266 g/mol. The predicted molar refractivity (Wildman–Crippen MR) is 92.7 cm³/mol. The van der Waals surface area contributed by atoms with Gasteiger partial charge in [0.25, 0.3) is 0 Å². The maximum atomic E-state index is 2.38. The topological polar surface area (TPSA) is 0 Å². The molecule has 2 aromatic carbocycles. The van der Waals surface area contributed by atoms with Crippen LogP contribution in [-0.4, -0.2) is 18.9 Å². The van der Waals surface area contributed by atoms with Gasteiger partial charge >= 0.3 is 18.9 Å². The van der Waals surface area contributed by atoms with Gasteiger partial charge in [-0.15, -0.1) is 0 Å². The summed E-state index contributed by atoms with van der Waals surface area (Å²) in [6.45, 7) is 2.38. The zero-order chi connectivity index (χ0) is 13.5. The molecule has 100 valence electrons. The summed E-state index contributed by atoms with van der Waals surface area (Å²) in [7, 11) is 0. The molecule has 0 bridgehead atoms. The molecule has 0 fully saturated rings. The van der Waals surface area contributed by atoms with Crippen LogP contribution >= 0.6 is 0 Å². The van der Waals surface area contributed by atoms with Crippen LogP contribution in [0.4, 0.5) is 0 Å². The second-order valence-corrected chi connectivity index (χ2v) is 5.89. The van der Waals surface area contributed by atoms with Crippen LogP contribution in [0.15, 0.2) is 60.7 Å². The summed E-state index contributed by atoms with van der Waals surface area (Å²) in [6.07, 6.45) is 9.32. The SMILES string of the molecule is CC(C1C=Cc2ccccc21)C1C=Cc2ccccc21.[LiH]. The quantitative estimate of drug-likeness (QED) is 0.697. The van der Waals surface area contributed by atoms with Crippen molar-refractivity contribution in [2.45, 2.75) is 18.8 Å². The van der Waals surface area contributed by atoms with Crippen LogP contribution in [0.1, 0.15) is 41.0 Å². The van der Waals surface area contributed by atoms with Crippen molar-refractivity contribution >= 4 is 31.0 Å². The third-order valence-corrected chi connectivity index (χ3v) is 4.81. The van der Waals surface area contributed by atoms with E-state index in [9.17, 15) is 0 Å². The van der Waals surface area contributed by atoms with Gasteiger partial charge in [0.05, 0.1) is 0 Å². The first-order valence-corrected chi connectivity index (χ1v) is 7.39. The summed E-state index contributed by atoms with van der Waals surface area (Å²) in [5.41, 5.74) is 5.75. The molecule has 0 spiro atoms. The van der Waals surface area contributed by atoms with E-state index in [-0.39, 0.29) is 18.9 Å². The molecule has 0 aromatic heterocycles. The molecule has 21 heavy (non-hydrogen) atoms. The third kappa shape index (κ3) is 2.33. The van der Waals surface area contributed by atoms with Gasteiger partial charge < -0.3 is 0 Å². The van der Waals surface area contributed by atoms with E-state index in [4.69, 9.17) is 0 Å². The molecular weight excluding hydrogens is 247 g/mol. The van der Waals surface area contributed by atoms with Crippen molar-refractivity contribution in [1.29, 1.82) is 0 Å². The Balaban J connectivity index is 0.00000132. The summed E-state index contributed by atoms with van der Waals surface area (Å²) in [4.78, 5) is 0. The van der Waals surface area contributed by atoms with E-state index in [1.807, 2.05) is 0 Å². The van der Waals surface area contributed by atoms with Crippen LogP contribution in [0.5, 0.6) is 0 Å². The first kappa shape index (κ1) is 14.5. The van der Waals surface area contributed by atoms with Crippen LogP contribution in [0, 0.1) is 5.92 Å². The Kier molecular flexibility index (Phi) is 3.94. The van der Waals surface area contributed by atoms with E-state index < -0.39 is 0 Å². The van der Waals surface area contributed by atoms with Crippen molar-refractivity contribution < 1.29 is 0 Å². The van der Waals surface area contributed by atoms with Crippen molar-refractivity contribution in [2.75, 3.05) is 0 Å². The zero-order valence-corrected chi connectivity index (χ0v) is 11.7. The van der Waals surface area contributed by atoms with Crippen molar-refractivity contribution in [3.63, 3.8) is 0 Å². The molecule has 0 aliphatic heterocycles. The molecule has 2 atom stereocenters. The van der Waals surface area contributed by atoms with Gasteiger partial charge in [0.2, 0.25) is 0 Å². The molecular formula is C20H19Li. The molecule has 0 radical (unpaired) electrons. The van der Waals surface area contributed by atoms with Gasteiger partial charge in [0.1, 0.15) is 0 Å². The number of benzene rings is 2. The molecule has 2 unspecified atom stereocenters. The Labute approximate surface area is 138 Å². The van der Waals surface area contributed by atoms with Gasteiger partial charge in [-0.2, -0.15) is 0 Å². The number of allylic oxidation sites excluding steroid dienone is 2. The Morgan fingerprint density at radius 2 is 1.14 bits per heavy atom. The van der Waals surface area contributed by atoms with Crippen LogP contribution in [0.3, 0.4) is 0 Å². The van der Waals surface area contributed by atoms with Crippen LogP contribution in [0.2, 0.25) is 0 Å². The predicted octanol–water partition coefficient (Wildman–Crippen LogP) is 4.60. The van der Waals surface area contributed by atoms with Crippen molar-refractivity contribution in [3.8, 4) is 0 Å². The number of hydrogen-bond donors (Lipinski definition) is 0. The van der Waals surface area contributed by atoms with Gasteiger partial charge in [-0.1, -0.05) is 79.8 Å². The van der Waals surface area contributed by atoms with Crippen molar-refractivity contribution in [3.05, 3.63) is 82.9 Å². The zero-order valence-electron chi connectivity index (χ0n) is 11.7. The molecule has 0 saturated carbocycles. The average molecular weight is 266 g/mol. The Hall–Kier alpha value is -1.48. The number of rotatable bonds is 2. The standard InChI is InChI=1S/C20H18.Li.H/c1-14(17-12-10-15-6-2-4-8-19(15)17)18-13-11-16-7-3-5-9-20(16)18;;/h2-14,17-18H,1H3;;. The fraction of sp³-hybridized carbons (Fsp3) is 0.200. The molecule has 4 rings (SSSR count). The molecule has 1 heteroatoms. The molecule has 2 aliphatic rings. The second kappa shape index (κ2) is 5.72. The molecule has 0 saturated heterocycles. The minimum absolute atomic E-state index is 0. The summed E-state index contributed by atoms with van der Waals surface area (Å²) in [6, 6.07) is 17.6. The van der Waals surface area contributed by atoms with Gasteiger partial charge in [-0.05, 0) is 28.2 Å². The summed E-state index contributed by atoms with van der Waals surface area (Å²) in [5.74, 6) is 1.66. The normalized spacial score (nSPS) is 22.5. The number of fused-ring (bicyclic) bond motifs is 2. The summed E-state index contributed by atoms with van der Waals surface area (Å²) in [5, 5.41) is 0. The third-order valence-electron chi connectivity index (χ3n) is 4.81. The molecule has 0 amide bonds. The first-order chi connectivity index (χ1) is 9.84. The average Bonchev–Trinajstić information content (AvgIpc) is 3.11. The van der Waals surface area contributed by atoms with Crippen LogP contribution in [-0.2, 0) is 0 Å². The van der Waals surface area contributed by atoms with E-state index in [1.165, 1.54) is 22.3 Å². The van der Waals surface area contributed by atoms with Crippen LogP contribution < -0.4 is 0 Å².